The van der Waals surface area contributed by atoms with E-state index in [-0.39, 0.29) is 17.0 Å². The van der Waals surface area contributed by atoms with Crippen LogP contribution in [0.15, 0.2) is 30.3 Å². The minimum Gasteiger partial charge on any atom is -0.478 e. The number of rotatable bonds is 6. The SMILES string of the molecule is CC(=O)Nc1cccc(-c2cc(C)c(C(=O)O)c(CC3CC3)c2C(=O)O)c1. The Kier molecular flexibility index (Phi) is 4.99. The minimum absolute atomic E-state index is 0.0323. The molecule has 0 atom stereocenters. The zero-order chi connectivity index (χ0) is 19.7. The number of nitrogens with one attached hydrogen (secondary N) is 1. The van der Waals surface area contributed by atoms with Gasteiger partial charge in [0.25, 0.3) is 0 Å². The van der Waals surface area contributed by atoms with Crippen LogP contribution in [-0.2, 0) is 11.2 Å². The average molecular weight is 367 g/mol. The van der Waals surface area contributed by atoms with Crippen molar-refractivity contribution in [1.29, 1.82) is 0 Å². The number of carbonyl (C=O) groups is 3. The van der Waals surface area contributed by atoms with Gasteiger partial charge in [-0.05, 0) is 72.6 Å². The van der Waals surface area contributed by atoms with Crippen LogP contribution in [0.5, 0.6) is 0 Å². The van der Waals surface area contributed by atoms with Crippen molar-refractivity contribution in [3.05, 3.63) is 52.6 Å². The average Bonchev–Trinajstić information content (AvgIpc) is 3.37. The molecule has 2 aromatic rings. The van der Waals surface area contributed by atoms with E-state index in [1.165, 1.54) is 6.92 Å². The van der Waals surface area contributed by atoms with Crippen molar-refractivity contribution in [2.24, 2.45) is 5.92 Å². The van der Waals surface area contributed by atoms with E-state index < -0.39 is 11.9 Å². The molecule has 1 aliphatic carbocycles. The number of amides is 1. The number of carboxylic acid groups (broad SMARTS) is 2. The van der Waals surface area contributed by atoms with Crippen molar-refractivity contribution < 1.29 is 24.6 Å². The lowest BCUT2D eigenvalue weighted by Crippen LogP contribution is -2.14. The smallest absolute Gasteiger partial charge is 0.336 e. The second-order valence-electron chi connectivity index (χ2n) is 6.99. The molecule has 6 heteroatoms. The zero-order valence-electron chi connectivity index (χ0n) is 15.2. The Morgan fingerprint density at radius 2 is 1.74 bits per heavy atom. The number of anilines is 1. The summed E-state index contributed by atoms with van der Waals surface area (Å²) in [6.45, 7) is 3.08. The highest BCUT2D eigenvalue weighted by atomic mass is 16.4. The fraction of sp³-hybridized carbons (Fsp3) is 0.286. The van der Waals surface area contributed by atoms with E-state index in [4.69, 9.17) is 0 Å². The molecule has 1 aliphatic rings. The molecule has 0 spiro atoms. The van der Waals surface area contributed by atoms with E-state index in [0.29, 0.717) is 40.3 Å². The van der Waals surface area contributed by atoms with Crippen molar-refractivity contribution in [3.8, 4) is 11.1 Å². The molecule has 6 nitrogen and oxygen atoms in total. The third kappa shape index (κ3) is 4.00. The van der Waals surface area contributed by atoms with Crippen molar-refractivity contribution in [1.82, 2.24) is 0 Å². The summed E-state index contributed by atoms with van der Waals surface area (Å²) >= 11 is 0. The maximum Gasteiger partial charge on any atom is 0.336 e. The summed E-state index contributed by atoms with van der Waals surface area (Å²) in [7, 11) is 0. The van der Waals surface area contributed by atoms with Crippen molar-refractivity contribution in [3.63, 3.8) is 0 Å². The van der Waals surface area contributed by atoms with Crippen molar-refractivity contribution in [2.75, 3.05) is 5.32 Å². The van der Waals surface area contributed by atoms with Crippen LogP contribution >= 0.6 is 0 Å². The van der Waals surface area contributed by atoms with Gasteiger partial charge < -0.3 is 15.5 Å². The van der Waals surface area contributed by atoms with Crippen LogP contribution in [0.3, 0.4) is 0 Å². The predicted octanol–water partition coefficient (Wildman–Crippen LogP) is 3.97. The molecule has 2 aromatic carbocycles. The summed E-state index contributed by atoms with van der Waals surface area (Å²) in [4.78, 5) is 35.2. The number of benzene rings is 2. The standard InChI is InChI=1S/C21H21NO5/c1-11-8-16(14-4-3-5-15(10-14)22-12(2)23)19(21(26)27)17(9-13-6-7-13)18(11)20(24)25/h3-5,8,10,13H,6-7,9H2,1-2H3,(H,22,23)(H,24,25)(H,26,27). The van der Waals surface area contributed by atoms with E-state index >= 15 is 0 Å². The lowest BCUT2D eigenvalue weighted by atomic mass is 9.86. The molecule has 27 heavy (non-hydrogen) atoms. The topological polar surface area (TPSA) is 104 Å². The van der Waals surface area contributed by atoms with E-state index in [1.54, 1.807) is 37.3 Å². The molecule has 0 unspecified atom stereocenters. The Bertz CT molecular complexity index is 944. The normalized spacial score (nSPS) is 13.3. The first-order chi connectivity index (χ1) is 12.8. The number of carboxylic acids is 2. The molecule has 3 rings (SSSR count). The first kappa shape index (κ1) is 18.6. The predicted molar refractivity (Wildman–Crippen MR) is 101 cm³/mol. The number of carbonyl (C=O) groups excluding carboxylic acids is 1. The van der Waals surface area contributed by atoms with Gasteiger partial charge in [0.15, 0.2) is 0 Å². The van der Waals surface area contributed by atoms with Crippen molar-refractivity contribution >= 4 is 23.5 Å². The molecule has 1 fully saturated rings. The van der Waals surface area contributed by atoms with Crippen LogP contribution in [0.2, 0.25) is 0 Å². The summed E-state index contributed by atoms with van der Waals surface area (Å²) in [6.07, 6.45) is 2.42. The van der Waals surface area contributed by atoms with Gasteiger partial charge >= 0.3 is 11.9 Å². The van der Waals surface area contributed by atoms with Gasteiger partial charge in [-0.25, -0.2) is 9.59 Å². The Balaban J connectivity index is 2.23. The first-order valence-corrected chi connectivity index (χ1v) is 8.79. The summed E-state index contributed by atoms with van der Waals surface area (Å²) in [6, 6.07) is 8.51. The number of aryl methyl sites for hydroxylation is 1. The molecule has 0 heterocycles. The fourth-order valence-electron chi connectivity index (χ4n) is 3.44. The van der Waals surface area contributed by atoms with Crippen LogP contribution in [0.4, 0.5) is 5.69 Å². The Morgan fingerprint density at radius 3 is 2.30 bits per heavy atom. The summed E-state index contributed by atoms with van der Waals surface area (Å²) in [5, 5.41) is 22.2. The third-order valence-electron chi connectivity index (χ3n) is 4.74. The van der Waals surface area contributed by atoms with Crippen LogP contribution in [0, 0.1) is 12.8 Å². The maximum atomic E-state index is 12.1. The largest absolute Gasteiger partial charge is 0.478 e. The van der Waals surface area contributed by atoms with Gasteiger partial charge in [-0.3, -0.25) is 4.79 Å². The molecule has 3 N–H and O–H groups in total. The van der Waals surface area contributed by atoms with Crippen molar-refractivity contribution in [2.45, 2.75) is 33.1 Å². The summed E-state index contributed by atoms with van der Waals surface area (Å²) < 4.78 is 0. The molecular formula is C21H21NO5. The third-order valence-corrected chi connectivity index (χ3v) is 4.74. The summed E-state index contributed by atoms with van der Waals surface area (Å²) in [5.74, 6) is -2.14. The highest BCUT2D eigenvalue weighted by molar-refractivity contribution is 6.03. The van der Waals surface area contributed by atoms with Crippen LogP contribution in [0.25, 0.3) is 11.1 Å². The second kappa shape index (κ2) is 7.23. The number of hydrogen-bond acceptors (Lipinski definition) is 3. The van der Waals surface area contributed by atoms with Crippen LogP contribution in [0.1, 0.15) is 51.6 Å². The second-order valence-corrected chi connectivity index (χ2v) is 6.99. The molecule has 1 amide bonds. The fourth-order valence-corrected chi connectivity index (χ4v) is 3.44. The van der Waals surface area contributed by atoms with Gasteiger partial charge in [0.1, 0.15) is 0 Å². The Labute approximate surface area is 156 Å². The Hall–Kier alpha value is -3.15. The van der Waals surface area contributed by atoms with Gasteiger partial charge in [0.2, 0.25) is 5.91 Å². The lowest BCUT2D eigenvalue weighted by molar-refractivity contribution is -0.114. The van der Waals surface area contributed by atoms with Crippen LogP contribution in [-0.4, -0.2) is 28.1 Å². The molecule has 0 aromatic heterocycles. The molecule has 0 radical (unpaired) electrons. The molecule has 140 valence electrons. The van der Waals surface area contributed by atoms with Gasteiger partial charge in [0.05, 0.1) is 11.1 Å². The van der Waals surface area contributed by atoms with Gasteiger partial charge in [-0.15, -0.1) is 0 Å². The minimum atomic E-state index is -1.15. The molecular weight excluding hydrogens is 346 g/mol. The van der Waals surface area contributed by atoms with Crippen LogP contribution < -0.4 is 5.32 Å². The van der Waals surface area contributed by atoms with Gasteiger partial charge in [-0.2, -0.15) is 0 Å². The zero-order valence-corrected chi connectivity index (χ0v) is 15.2. The van der Waals surface area contributed by atoms with E-state index in [1.807, 2.05) is 0 Å². The van der Waals surface area contributed by atoms with E-state index in [0.717, 1.165) is 12.8 Å². The monoisotopic (exact) mass is 367 g/mol. The van der Waals surface area contributed by atoms with E-state index in [9.17, 15) is 24.6 Å². The quantitative estimate of drug-likeness (QED) is 0.717. The van der Waals surface area contributed by atoms with Gasteiger partial charge in [0, 0.05) is 12.6 Å². The molecule has 0 bridgehead atoms. The maximum absolute atomic E-state index is 12.1. The van der Waals surface area contributed by atoms with E-state index in [2.05, 4.69) is 5.32 Å². The first-order valence-electron chi connectivity index (χ1n) is 8.79. The van der Waals surface area contributed by atoms with Gasteiger partial charge in [-0.1, -0.05) is 12.1 Å². The summed E-state index contributed by atoms with van der Waals surface area (Å²) in [5.41, 5.74) is 2.68. The highest BCUT2D eigenvalue weighted by Crippen LogP contribution is 2.39. The Morgan fingerprint density at radius 1 is 1.07 bits per heavy atom. The molecule has 0 saturated heterocycles. The number of aromatic carboxylic acids is 2. The number of hydrogen-bond donors (Lipinski definition) is 3. The highest BCUT2D eigenvalue weighted by Gasteiger charge is 2.30. The lowest BCUT2D eigenvalue weighted by Gasteiger charge is -2.18. The molecule has 1 saturated carbocycles. The molecule has 0 aliphatic heterocycles.